The van der Waals surface area contributed by atoms with E-state index < -0.39 is 0 Å². The molecule has 0 spiro atoms. The van der Waals surface area contributed by atoms with Crippen LogP contribution < -0.4 is 10.5 Å². The van der Waals surface area contributed by atoms with E-state index in [4.69, 9.17) is 10.5 Å². The van der Waals surface area contributed by atoms with Crippen LogP contribution in [0.4, 0.5) is 4.39 Å². The molecule has 1 fully saturated rings. The van der Waals surface area contributed by atoms with Gasteiger partial charge in [0, 0.05) is 19.1 Å². The quantitative estimate of drug-likeness (QED) is 0.814. The lowest BCUT2D eigenvalue weighted by Gasteiger charge is -2.34. The summed E-state index contributed by atoms with van der Waals surface area (Å²) in [6, 6.07) is 6.47. The molecule has 1 aliphatic heterocycles. The monoisotopic (exact) mass is 280 g/mol. The molecule has 0 bridgehead atoms. The Hall–Kier alpha value is -1.13. The van der Waals surface area contributed by atoms with E-state index in [1.165, 1.54) is 31.5 Å². The third kappa shape index (κ3) is 4.76. The van der Waals surface area contributed by atoms with Gasteiger partial charge in [-0.3, -0.25) is 0 Å². The molecule has 1 aromatic carbocycles. The topological polar surface area (TPSA) is 38.5 Å². The fraction of sp³-hybridized carbons (Fsp3) is 0.625. The van der Waals surface area contributed by atoms with Gasteiger partial charge in [0.25, 0.3) is 0 Å². The maximum absolute atomic E-state index is 12.7. The molecular weight excluding hydrogens is 255 g/mol. The van der Waals surface area contributed by atoms with E-state index in [0.29, 0.717) is 12.5 Å². The van der Waals surface area contributed by atoms with Gasteiger partial charge in [-0.1, -0.05) is 0 Å². The van der Waals surface area contributed by atoms with Crippen LogP contribution >= 0.6 is 0 Å². The zero-order chi connectivity index (χ0) is 14.4. The Bertz CT molecular complexity index is 394. The summed E-state index contributed by atoms with van der Waals surface area (Å²) in [5, 5.41) is 0. The third-order valence-electron chi connectivity index (χ3n) is 3.99. The van der Waals surface area contributed by atoms with Crippen molar-refractivity contribution in [1.29, 1.82) is 0 Å². The van der Waals surface area contributed by atoms with Crippen molar-refractivity contribution >= 4 is 0 Å². The van der Waals surface area contributed by atoms with E-state index in [1.54, 1.807) is 12.1 Å². The predicted octanol–water partition coefficient (Wildman–Crippen LogP) is 2.65. The Labute approximate surface area is 120 Å². The first-order valence-corrected chi connectivity index (χ1v) is 7.51. The van der Waals surface area contributed by atoms with Crippen molar-refractivity contribution in [2.24, 2.45) is 11.7 Å². The van der Waals surface area contributed by atoms with Crippen molar-refractivity contribution in [3.63, 3.8) is 0 Å². The predicted molar refractivity (Wildman–Crippen MR) is 79.3 cm³/mol. The first-order valence-electron chi connectivity index (χ1n) is 7.51. The molecule has 20 heavy (non-hydrogen) atoms. The van der Waals surface area contributed by atoms with Gasteiger partial charge in [-0.05, 0) is 62.9 Å². The molecule has 4 heteroatoms. The minimum absolute atomic E-state index is 0.229. The molecule has 2 atom stereocenters. The van der Waals surface area contributed by atoms with Crippen molar-refractivity contribution < 1.29 is 9.13 Å². The molecule has 2 unspecified atom stereocenters. The van der Waals surface area contributed by atoms with Gasteiger partial charge in [-0.25, -0.2) is 4.39 Å². The number of benzene rings is 1. The van der Waals surface area contributed by atoms with Gasteiger partial charge >= 0.3 is 0 Å². The van der Waals surface area contributed by atoms with E-state index in [1.807, 2.05) is 0 Å². The van der Waals surface area contributed by atoms with Gasteiger partial charge in [0.15, 0.2) is 0 Å². The van der Waals surface area contributed by atoms with Crippen LogP contribution in [0.1, 0.15) is 26.2 Å². The second kappa shape index (κ2) is 7.60. The molecule has 3 nitrogen and oxygen atoms in total. The molecule has 0 aliphatic carbocycles. The van der Waals surface area contributed by atoms with E-state index in [0.717, 1.165) is 25.3 Å². The fourth-order valence-corrected chi connectivity index (χ4v) is 2.73. The van der Waals surface area contributed by atoms with Crippen LogP contribution in [0.3, 0.4) is 0 Å². The normalized spacial score (nSPS) is 21.6. The highest BCUT2D eigenvalue weighted by atomic mass is 19.1. The maximum Gasteiger partial charge on any atom is 0.123 e. The summed E-state index contributed by atoms with van der Waals surface area (Å²) in [5.41, 5.74) is 5.99. The van der Waals surface area contributed by atoms with Gasteiger partial charge in [0.2, 0.25) is 0 Å². The zero-order valence-corrected chi connectivity index (χ0v) is 12.2. The average Bonchev–Trinajstić information content (AvgIpc) is 2.46. The number of likely N-dealkylation sites (tertiary alicyclic amines) is 1. The molecule has 1 saturated heterocycles. The van der Waals surface area contributed by atoms with Crippen LogP contribution in [0.2, 0.25) is 0 Å². The van der Waals surface area contributed by atoms with E-state index in [-0.39, 0.29) is 11.9 Å². The number of ether oxygens (including phenoxy) is 1. The van der Waals surface area contributed by atoms with E-state index >= 15 is 0 Å². The van der Waals surface area contributed by atoms with Crippen molar-refractivity contribution in [3.8, 4) is 5.75 Å². The minimum atomic E-state index is -0.229. The first kappa shape index (κ1) is 15.3. The lowest BCUT2D eigenvalue weighted by molar-refractivity contribution is 0.151. The Kier molecular flexibility index (Phi) is 5.80. The van der Waals surface area contributed by atoms with Gasteiger partial charge in [0.05, 0.1) is 6.61 Å². The van der Waals surface area contributed by atoms with Crippen LogP contribution in [0.5, 0.6) is 5.75 Å². The average molecular weight is 280 g/mol. The molecule has 0 aromatic heterocycles. The molecule has 0 saturated carbocycles. The number of piperidine rings is 1. The Morgan fingerprint density at radius 1 is 1.40 bits per heavy atom. The van der Waals surface area contributed by atoms with Gasteiger partial charge in [-0.15, -0.1) is 0 Å². The zero-order valence-electron chi connectivity index (χ0n) is 12.2. The lowest BCUT2D eigenvalue weighted by atomic mass is 9.92. The van der Waals surface area contributed by atoms with Crippen LogP contribution in [0, 0.1) is 11.7 Å². The van der Waals surface area contributed by atoms with Crippen molar-refractivity contribution in [3.05, 3.63) is 30.1 Å². The van der Waals surface area contributed by atoms with Crippen LogP contribution in [-0.2, 0) is 0 Å². The highest BCUT2D eigenvalue weighted by Gasteiger charge is 2.21. The Morgan fingerprint density at radius 2 is 2.15 bits per heavy atom. The van der Waals surface area contributed by atoms with Crippen molar-refractivity contribution in [2.45, 2.75) is 32.2 Å². The van der Waals surface area contributed by atoms with Crippen LogP contribution in [-0.4, -0.2) is 37.2 Å². The van der Waals surface area contributed by atoms with E-state index in [2.05, 4.69) is 11.8 Å². The number of nitrogens with two attached hydrogens (primary N) is 1. The first-order chi connectivity index (χ1) is 9.65. The van der Waals surface area contributed by atoms with Gasteiger partial charge in [-0.2, -0.15) is 0 Å². The van der Waals surface area contributed by atoms with Crippen molar-refractivity contribution in [1.82, 2.24) is 4.90 Å². The van der Waals surface area contributed by atoms with Crippen LogP contribution in [0.25, 0.3) is 0 Å². The highest BCUT2D eigenvalue weighted by molar-refractivity contribution is 5.21. The molecule has 1 aromatic rings. The largest absolute Gasteiger partial charge is 0.494 e. The minimum Gasteiger partial charge on any atom is -0.494 e. The van der Waals surface area contributed by atoms with Gasteiger partial charge in [0.1, 0.15) is 11.6 Å². The number of nitrogens with zero attached hydrogens (tertiary/aromatic N) is 1. The fourth-order valence-electron chi connectivity index (χ4n) is 2.73. The molecule has 0 amide bonds. The number of rotatable bonds is 6. The SMILES string of the molecule is CC(N)C1CCCN(CCCOc2ccc(F)cc2)C1. The van der Waals surface area contributed by atoms with E-state index in [9.17, 15) is 4.39 Å². The molecule has 1 heterocycles. The molecule has 112 valence electrons. The Balaban J connectivity index is 1.64. The standard InChI is InChI=1S/C16H25FN2O/c1-13(18)14-4-2-9-19(12-14)10-3-11-20-16-7-5-15(17)6-8-16/h5-8,13-14H,2-4,9-12,18H2,1H3. The molecule has 2 rings (SSSR count). The summed E-state index contributed by atoms with van der Waals surface area (Å²) >= 11 is 0. The molecular formula is C16H25FN2O. The molecule has 0 radical (unpaired) electrons. The number of hydrogen-bond acceptors (Lipinski definition) is 3. The maximum atomic E-state index is 12.7. The van der Waals surface area contributed by atoms with Gasteiger partial charge < -0.3 is 15.4 Å². The summed E-state index contributed by atoms with van der Waals surface area (Å²) < 4.78 is 18.4. The third-order valence-corrected chi connectivity index (χ3v) is 3.99. The summed E-state index contributed by atoms with van der Waals surface area (Å²) in [6.07, 6.45) is 3.48. The molecule has 2 N–H and O–H groups in total. The second-order valence-corrected chi connectivity index (χ2v) is 5.72. The second-order valence-electron chi connectivity index (χ2n) is 5.72. The Morgan fingerprint density at radius 3 is 2.85 bits per heavy atom. The molecule has 1 aliphatic rings. The summed E-state index contributed by atoms with van der Waals surface area (Å²) in [7, 11) is 0. The van der Waals surface area contributed by atoms with Crippen LogP contribution in [0.15, 0.2) is 24.3 Å². The number of hydrogen-bond donors (Lipinski definition) is 1. The van der Waals surface area contributed by atoms with Crippen molar-refractivity contribution in [2.75, 3.05) is 26.2 Å². The summed E-state index contributed by atoms with van der Waals surface area (Å²) in [4.78, 5) is 2.48. The highest BCUT2D eigenvalue weighted by Crippen LogP contribution is 2.19. The smallest absolute Gasteiger partial charge is 0.123 e. The summed E-state index contributed by atoms with van der Waals surface area (Å²) in [6.45, 7) is 6.09. The summed E-state index contributed by atoms with van der Waals surface area (Å²) in [5.74, 6) is 1.13. The lowest BCUT2D eigenvalue weighted by Crippen LogP contribution is -2.42. The number of halogens is 1.